The van der Waals surface area contributed by atoms with Crippen molar-refractivity contribution in [3.05, 3.63) is 41.5 Å². The Morgan fingerprint density at radius 3 is 2.34 bits per heavy atom. The highest BCUT2D eigenvalue weighted by Crippen LogP contribution is 2.43. The molecule has 1 saturated heterocycles. The molecule has 8 heteroatoms. The minimum atomic E-state index is -1.27. The average Bonchev–Trinajstić information content (AvgIpc) is 2.68. The van der Waals surface area contributed by atoms with E-state index in [1.54, 1.807) is 33.9 Å². The average molecular weight is 448 g/mol. The number of rotatable bonds is 5. The molecule has 1 aliphatic rings. The van der Waals surface area contributed by atoms with Crippen LogP contribution >= 0.6 is 0 Å². The van der Waals surface area contributed by atoms with Gasteiger partial charge in [0.1, 0.15) is 0 Å². The van der Waals surface area contributed by atoms with E-state index < -0.39 is 29.4 Å². The van der Waals surface area contributed by atoms with E-state index in [1.807, 2.05) is 0 Å². The van der Waals surface area contributed by atoms with Crippen LogP contribution in [-0.4, -0.2) is 39.7 Å². The van der Waals surface area contributed by atoms with Gasteiger partial charge in [-0.2, -0.15) is 4.39 Å². The number of aliphatic carboxylic acids is 1. The summed E-state index contributed by atoms with van der Waals surface area (Å²) in [6, 6.07) is 1.07. The molecule has 32 heavy (non-hydrogen) atoms. The number of piperidine rings is 1. The topological polar surface area (TPSA) is 75.5 Å². The van der Waals surface area contributed by atoms with E-state index in [0.717, 1.165) is 18.9 Å². The lowest BCUT2D eigenvalue weighted by atomic mass is 9.82. The maximum absolute atomic E-state index is 14.0. The van der Waals surface area contributed by atoms with Crippen LogP contribution in [-0.2, 0) is 9.53 Å². The summed E-state index contributed by atoms with van der Waals surface area (Å²) >= 11 is 0. The molecule has 1 aliphatic heterocycles. The van der Waals surface area contributed by atoms with E-state index in [2.05, 4.69) is 28.7 Å². The first-order valence-corrected chi connectivity index (χ1v) is 10.8. The van der Waals surface area contributed by atoms with Crippen molar-refractivity contribution >= 4 is 11.7 Å². The Labute approximate surface area is 187 Å². The van der Waals surface area contributed by atoms with Crippen LogP contribution in [0.1, 0.15) is 64.8 Å². The van der Waals surface area contributed by atoms with Gasteiger partial charge in [0.05, 0.1) is 11.3 Å². The predicted molar refractivity (Wildman–Crippen MR) is 119 cm³/mol. The Kier molecular flexibility index (Phi) is 6.56. The lowest BCUT2D eigenvalue weighted by Crippen LogP contribution is -2.39. The first-order chi connectivity index (χ1) is 14.8. The van der Waals surface area contributed by atoms with Gasteiger partial charge in [-0.15, -0.1) is 0 Å². The zero-order valence-corrected chi connectivity index (χ0v) is 19.5. The maximum atomic E-state index is 14.0. The van der Waals surface area contributed by atoms with Crippen LogP contribution < -0.4 is 4.90 Å². The van der Waals surface area contributed by atoms with Crippen molar-refractivity contribution in [3.63, 3.8) is 0 Å². The van der Waals surface area contributed by atoms with Gasteiger partial charge in [-0.05, 0) is 52.0 Å². The zero-order chi connectivity index (χ0) is 23.8. The van der Waals surface area contributed by atoms with Gasteiger partial charge < -0.3 is 14.7 Å². The molecule has 0 amide bonds. The molecule has 1 atom stereocenters. The number of aromatic nitrogens is 2. The molecule has 1 fully saturated rings. The fourth-order valence-electron chi connectivity index (χ4n) is 3.96. The SMILES string of the molecule is Cc1ncc(-c2cnc(F)c(F)c2)c(N2CCC(C)(C)CC2)c1C(OC(C)(C)C)C(=O)O. The number of anilines is 1. The quantitative estimate of drug-likeness (QED) is 0.627. The fraction of sp³-hybridized carbons (Fsp3) is 0.542. The van der Waals surface area contributed by atoms with Gasteiger partial charge >= 0.3 is 5.97 Å². The van der Waals surface area contributed by atoms with Crippen LogP contribution in [0, 0.1) is 24.1 Å². The Bertz CT molecular complexity index is 1010. The summed E-state index contributed by atoms with van der Waals surface area (Å²) in [5.41, 5.74) is 1.83. The van der Waals surface area contributed by atoms with Gasteiger partial charge in [-0.25, -0.2) is 14.2 Å². The smallest absolute Gasteiger partial charge is 0.337 e. The van der Waals surface area contributed by atoms with E-state index >= 15 is 0 Å². The fourth-order valence-corrected chi connectivity index (χ4v) is 3.96. The molecule has 3 rings (SSSR count). The van der Waals surface area contributed by atoms with Crippen LogP contribution in [0.3, 0.4) is 0 Å². The van der Waals surface area contributed by atoms with Crippen LogP contribution in [0.4, 0.5) is 14.5 Å². The Morgan fingerprint density at radius 2 is 1.81 bits per heavy atom. The number of ether oxygens (including phenoxy) is 1. The highest BCUT2D eigenvalue weighted by molar-refractivity contribution is 5.86. The van der Waals surface area contributed by atoms with Crippen LogP contribution in [0.25, 0.3) is 11.1 Å². The molecule has 0 aliphatic carbocycles. The van der Waals surface area contributed by atoms with Crippen LogP contribution in [0.15, 0.2) is 18.5 Å². The third-order valence-corrected chi connectivity index (χ3v) is 5.79. The van der Waals surface area contributed by atoms with Gasteiger partial charge in [0.2, 0.25) is 5.95 Å². The molecule has 1 unspecified atom stereocenters. The molecule has 1 N–H and O–H groups in total. The van der Waals surface area contributed by atoms with Crippen molar-refractivity contribution in [3.8, 4) is 11.1 Å². The molecule has 174 valence electrons. The molecule has 2 aromatic heterocycles. The number of carboxylic acid groups (broad SMARTS) is 1. The van der Waals surface area contributed by atoms with Crippen molar-refractivity contribution < 1.29 is 23.4 Å². The molecule has 6 nitrogen and oxygen atoms in total. The van der Waals surface area contributed by atoms with E-state index in [1.165, 1.54) is 6.20 Å². The minimum Gasteiger partial charge on any atom is -0.479 e. The monoisotopic (exact) mass is 447 g/mol. The van der Waals surface area contributed by atoms with Crippen molar-refractivity contribution in [1.82, 2.24) is 9.97 Å². The summed E-state index contributed by atoms with van der Waals surface area (Å²) in [5, 5.41) is 10.1. The van der Waals surface area contributed by atoms with Crippen molar-refractivity contribution in [1.29, 1.82) is 0 Å². The molecular formula is C24H31F2N3O3. The van der Waals surface area contributed by atoms with Gasteiger partial charge in [0.25, 0.3) is 0 Å². The number of hydrogen-bond donors (Lipinski definition) is 1. The summed E-state index contributed by atoms with van der Waals surface area (Å²) in [6.07, 6.45) is 3.35. The molecule has 0 bridgehead atoms. The van der Waals surface area contributed by atoms with Gasteiger partial charge in [-0.3, -0.25) is 4.98 Å². The second kappa shape index (κ2) is 8.73. The molecular weight excluding hydrogens is 416 g/mol. The lowest BCUT2D eigenvalue weighted by molar-refractivity contribution is -0.160. The number of aryl methyl sites for hydroxylation is 1. The van der Waals surface area contributed by atoms with E-state index in [0.29, 0.717) is 41.2 Å². The van der Waals surface area contributed by atoms with E-state index in [9.17, 15) is 18.7 Å². The molecule has 2 aromatic rings. The second-order valence-corrected chi connectivity index (χ2v) is 10.1. The van der Waals surface area contributed by atoms with Crippen molar-refractivity contribution in [2.24, 2.45) is 5.41 Å². The van der Waals surface area contributed by atoms with Gasteiger partial charge in [0.15, 0.2) is 11.9 Å². The van der Waals surface area contributed by atoms with E-state index in [4.69, 9.17) is 4.74 Å². The van der Waals surface area contributed by atoms with Crippen molar-refractivity contribution in [2.75, 3.05) is 18.0 Å². The highest BCUT2D eigenvalue weighted by Gasteiger charge is 2.35. The van der Waals surface area contributed by atoms with Gasteiger partial charge in [-0.1, -0.05) is 13.8 Å². The molecule has 3 heterocycles. The first-order valence-electron chi connectivity index (χ1n) is 10.8. The third kappa shape index (κ3) is 5.23. The number of carboxylic acids is 1. The summed E-state index contributed by atoms with van der Waals surface area (Å²) in [6.45, 7) is 12.9. The summed E-state index contributed by atoms with van der Waals surface area (Å²) in [7, 11) is 0. The Morgan fingerprint density at radius 1 is 1.19 bits per heavy atom. The Balaban J connectivity index is 2.25. The minimum absolute atomic E-state index is 0.163. The Hall–Kier alpha value is -2.61. The lowest BCUT2D eigenvalue weighted by Gasteiger charge is -2.40. The summed E-state index contributed by atoms with van der Waals surface area (Å²) in [5.74, 6) is -3.39. The number of carbonyl (C=O) groups is 1. The number of halogens is 2. The predicted octanol–water partition coefficient (Wildman–Crippen LogP) is 5.30. The third-order valence-electron chi connectivity index (χ3n) is 5.79. The normalized spacial score (nSPS) is 17.3. The first kappa shape index (κ1) is 24.0. The summed E-state index contributed by atoms with van der Waals surface area (Å²) < 4.78 is 33.5. The molecule has 0 radical (unpaired) electrons. The molecule has 0 aromatic carbocycles. The maximum Gasteiger partial charge on any atom is 0.337 e. The standard InChI is InChI=1S/C24H31F2N3O3/c1-14-18(20(22(30)31)32-23(2,3)4)19(29-9-7-24(5,6)8-10-29)16(13-27-14)15-11-17(25)21(26)28-12-15/h11-13,20H,7-10H2,1-6H3,(H,30,31). The highest BCUT2D eigenvalue weighted by atomic mass is 19.2. The molecule has 0 saturated carbocycles. The summed E-state index contributed by atoms with van der Waals surface area (Å²) in [4.78, 5) is 22.4. The van der Waals surface area contributed by atoms with Gasteiger partial charge in [0, 0.05) is 47.9 Å². The zero-order valence-electron chi connectivity index (χ0n) is 19.5. The molecule has 0 spiro atoms. The van der Waals surface area contributed by atoms with Crippen LogP contribution in [0.2, 0.25) is 0 Å². The van der Waals surface area contributed by atoms with E-state index in [-0.39, 0.29) is 5.41 Å². The largest absolute Gasteiger partial charge is 0.479 e. The number of nitrogens with zero attached hydrogens (tertiary/aromatic N) is 3. The van der Waals surface area contributed by atoms with Crippen LogP contribution in [0.5, 0.6) is 0 Å². The number of pyridine rings is 2. The van der Waals surface area contributed by atoms with Crippen molar-refractivity contribution in [2.45, 2.75) is 66.1 Å². The number of hydrogen-bond acceptors (Lipinski definition) is 5. The second-order valence-electron chi connectivity index (χ2n) is 10.1.